The fourth-order valence-corrected chi connectivity index (χ4v) is 2.41. The van der Waals surface area contributed by atoms with Gasteiger partial charge in [-0.25, -0.2) is 0 Å². The van der Waals surface area contributed by atoms with E-state index in [9.17, 15) is 39.5 Å². The molecule has 0 spiro atoms. The van der Waals surface area contributed by atoms with Gasteiger partial charge in [0.15, 0.2) is 17.1 Å². The van der Waals surface area contributed by atoms with Gasteiger partial charge in [-0.05, 0) is 39.0 Å². The van der Waals surface area contributed by atoms with E-state index < -0.39 is 42.9 Å². The quantitative estimate of drug-likeness (QED) is 0.349. The van der Waals surface area contributed by atoms with Gasteiger partial charge in [-0.15, -0.1) is 29.8 Å². The van der Waals surface area contributed by atoms with Crippen molar-refractivity contribution in [2.75, 3.05) is 0 Å². The van der Waals surface area contributed by atoms with Gasteiger partial charge in [-0.1, -0.05) is 0 Å². The molecule has 9 nitrogen and oxygen atoms in total. The van der Waals surface area contributed by atoms with Crippen molar-refractivity contribution in [3.05, 3.63) is 52.4 Å². The van der Waals surface area contributed by atoms with Crippen molar-refractivity contribution in [2.24, 2.45) is 0 Å². The van der Waals surface area contributed by atoms with Gasteiger partial charge in [0.1, 0.15) is 0 Å². The molecule has 35 heavy (non-hydrogen) atoms. The molecule has 3 heterocycles. The molecular weight excluding hydrogens is 533 g/mol. The molecule has 0 N–H and O–H groups in total. The molecule has 0 saturated heterocycles. The summed E-state index contributed by atoms with van der Waals surface area (Å²) in [7, 11) is -2.31. The third-order valence-electron chi connectivity index (χ3n) is 3.97. The zero-order valence-corrected chi connectivity index (χ0v) is 17.1. The summed E-state index contributed by atoms with van der Waals surface area (Å²) in [6, 6.07) is 1.71. The minimum absolute atomic E-state index is 0. The van der Waals surface area contributed by atoms with Crippen molar-refractivity contribution in [1.29, 1.82) is 0 Å². The van der Waals surface area contributed by atoms with Crippen LogP contribution in [-0.4, -0.2) is 88.5 Å². The molecule has 3 rings (SSSR count). The van der Waals surface area contributed by atoms with E-state index in [1.807, 2.05) is 0 Å². The van der Waals surface area contributed by atoms with E-state index in [0.29, 0.717) is 18.2 Å². The number of aryl methyl sites for hydroxylation is 3. The van der Waals surface area contributed by atoms with Crippen molar-refractivity contribution in [1.82, 2.24) is 29.8 Å². The third-order valence-corrected chi connectivity index (χ3v) is 3.97. The van der Waals surface area contributed by atoms with Crippen LogP contribution in [0.25, 0.3) is 0 Å². The summed E-state index contributed by atoms with van der Waals surface area (Å²) < 4.78 is 131. The van der Waals surface area contributed by atoms with Gasteiger partial charge in [0.25, 0.3) is 0 Å². The Bertz CT molecular complexity index is 1030. The summed E-state index contributed by atoms with van der Waals surface area (Å²) in [5, 5.41) is 9.38. The Kier molecular flexibility index (Phi) is 8.57. The van der Waals surface area contributed by atoms with Gasteiger partial charge in [0, 0.05) is 0 Å². The van der Waals surface area contributed by atoms with Gasteiger partial charge in [0.05, 0.1) is 17.1 Å². The second-order valence-electron chi connectivity index (χ2n) is 6.73. The second-order valence-corrected chi connectivity index (χ2v) is 6.73. The fourth-order valence-electron chi connectivity index (χ4n) is 2.41. The SMILES string of the molecule is Cc1cc(C(F)(F)F)nn1OB(On1nc(C(F)(F)F)cc1C)On1nc(C(F)(F)F)cc1C.[KH]. The Balaban J connectivity index is 0.00000432. The van der Waals surface area contributed by atoms with Gasteiger partial charge in [0.2, 0.25) is 0 Å². The molecule has 3 aromatic rings. The van der Waals surface area contributed by atoms with Crippen molar-refractivity contribution in [2.45, 2.75) is 39.3 Å². The number of alkyl halides is 9. The van der Waals surface area contributed by atoms with Gasteiger partial charge < -0.3 is 14.3 Å². The average molecular weight is 546 g/mol. The third kappa shape index (κ3) is 7.08. The first-order valence-corrected chi connectivity index (χ1v) is 8.88. The zero-order valence-electron chi connectivity index (χ0n) is 17.1. The second kappa shape index (κ2) is 10.2. The van der Waals surface area contributed by atoms with Crippen LogP contribution in [0.15, 0.2) is 18.2 Å². The summed E-state index contributed by atoms with van der Waals surface area (Å²) in [6.07, 6.45) is -14.6. The molecule has 0 saturated carbocycles. The molecule has 3 aromatic heterocycles. The molecule has 0 bridgehead atoms. The van der Waals surface area contributed by atoms with Gasteiger partial charge in [-0.3, -0.25) is 0 Å². The molecular formula is C15H13BF9KN6O3. The van der Waals surface area contributed by atoms with E-state index in [1.54, 1.807) is 0 Å². The molecule has 0 aliphatic carbocycles. The van der Waals surface area contributed by atoms with Crippen LogP contribution in [0.5, 0.6) is 0 Å². The normalized spacial score (nSPS) is 12.3. The van der Waals surface area contributed by atoms with Crippen LogP contribution in [0.4, 0.5) is 39.5 Å². The number of rotatable bonds is 6. The van der Waals surface area contributed by atoms with Crippen LogP contribution >= 0.6 is 0 Å². The van der Waals surface area contributed by atoms with Crippen molar-refractivity contribution in [3.63, 3.8) is 0 Å². The first-order chi connectivity index (χ1) is 15.4. The summed E-state index contributed by atoms with van der Waals surface area (Å²) in [4.78, 5) is 0.793. The van der Waals surface area contributed by atoms with E-state index >= 15 is 0 Å². The van der Waals surface area contributed by atoms with Crippen LogP contribution in [-0.2, 0) is 18.5 Å². The topological polar surface area (TPSA) is 81.1 Å². The molecule has 0 atom stereocenters. The molecule has 0 aromatic carbocycles. The Morgan fingerprint density at radius 1 is 0.571 bits per heavy atom. The number of aromatic nitrogens is 6. The van der Waals surface area contributed by atoms with Crippen molar-refractivity contribution >= 4 is 58.7 Å². The van der Waals surface area contributed by atoms with E-state index in [4.69, 9.17) is 14.3 Å². The maximum atomic E-state index is 12.9. The number of nitrogens with zero attached hydrogens (tertiary/aromatic N) is 6. The summed E-state index contributed by atoms with van der Waals surface area (Å²) in [5.41, 5.74) is -4.96. The predicted octanol–water partition coefficient (Wildman–Crippen LogP) is 2.28. The number of hydrogen-bond acceptors (Lipinski definition) is 6. The Morgan fingerprint density at radius 2 is 0.800 bits per heavy atom. The maximum absolute atomic E-state index is 12.9. The average Bonchev–Trinajstić information content (AvgIpc) is 3.33. The fraction of sp³-hybridized carbons (Fsp3) is 0.400. The van der Waals surface area contributed by atoms with Crippen LogP contribution < -0.4 is 14.3 Å². The van der Waals surface area contributed by atoms with E-state index in [-0.39, 0.29) is 83.0 Å². The molecule has 0 fully saturated rings. The first-order valence-electron chi connectivity index (χ1n) is 8.88. The van der Waals surface area contributed by atoms with E-state index in [1.165, 1.54) is 0 Å². The molecule has 0 radical (unpaired) electrons. The summed E-state index contributed by atoms with van der Waals surface area (Å²) in [6.45, 7) is 3.38. The van der Waals surface area contributed by atoms with Crippen LogP contribution in [0.2, 0.25) is 0 Å². The molecule has 188 valence electrons. The molecule has 0 aliphatic rings. The molecule has 0 aliphatic heterocycles. The van der Waals surface area contributed by atoms with Crippen molar-refractivity contribution < 1.29 is 53.8 Å². The number of halogens is 9. The van der Waals surface area contributed by atoms with Crippen LogP contribution in [0, 0.1) is 20.8 Å². The summed E-state index contributed by atoms with van der Waals surface area (Å²) in [5.74, 6) is 0. The van der Waals surface area contributed by atoms with Crippen LogP contribution in [0.1, 0.15) is 34.2 Å². The summed E-state index contributed by atoms with van der Waals surface area (Å²) >= 11 is 0. The molecule has 0 unspecified atom stereocenters. The first kappa shape index (κ1) is 29.3. The van der Waals surface area contributed by atoms with Gasteiger partial charge in [-0.2, -0.15) is 39.5 Å². The van der Waals surface area contributed by atoms with E-state index in [0.717, 1.165) is 20.8 Å². The van der Waals surface area contributed by atoms with Crippen LogP contribution in [0.3, 0.4) is 0 Å². The van der Waals surface area contributed by atoms with Gasteiger partial charge >= 0.3 is 77.2 Å². The Labute approximate surface area is 232 Å². The van der Waals surface area contributed by atoms with Crippen molar-refractivity contribution in [3.8, 4) is 0 Å². The molecule has 20 heteroatoms. The Hall–Kier alpha value is -1.90. The minimum atomic E-state index is -4.88. The number of hydrogen-bond donors (Lipinski definition) is 0. The van der Waals surface area contributed by atoms with E-state index in [2.05, 4.69) is 15.3 Å². The monoisotopic (exact) mass is 546 g/mol. The predicted molar refractivity (Wildman–Crippen MR) is 98.5 cm³/mol. The molecule has 0 amide bonds. The Morgan fingerprint density at radius 3 is 0.971 bits per heavy atom. The standard InChI is InChI=1S/C15H12BF9N6O3.K.H/c1-7-4-10(13(17,18)19)26-29(7)32-16(33-30-8(2)5-11(27-30)14(20,21)22)34-31-9(3)6-12(28-31)15(23,24)25;;/h4-6H,1-3H3;;. The zero-order chi connectivity index (χ0) is 25.6.